The third-order valence-corrected chi connectivity index (χ3v) is 4.60. The number of ether oxygens (including phenoxy) is 1. The largest absolute Gasteiger partial charge is 0.465 e. The topological polar surface area (TPSA) is 67.9 Å². The summed E-state index contributed by atoms with van der Waals surface area (Å²) >= 11 is 1.44. The Bertz CT molecular complexity index is 1070. The molecule has 0 spiro atoms. The van der Waals surface area contributed by atoms with Crippen LogP contribution in [0.15, 0.2) is 47.8 Å². The third-order valence-electron chi connectivity index (χ3n) is 3.75. The van der Waals surface area contributed by atoms with Crippen LogP contribution in [0.1, 0.15) is 10.4 Å². The maximum absolute atomic E-state index is 13.0. The van der Waals surface area contributed by atoms with E-state index in [1.54, 1.807) is 30.3 Å². The van der Waals surface area contributed by atoms with Crippen LogP contribution in [-0.2, 0) is 4.74 Å². The van der Waals surface area contributed by atoms with E-state index in [4.69, 9.17) is 4.74 Å². The summed E-state index contributed by atoms with van der Waals surface area (Å²) in [6, 6.07) is 11.3. The number of methoxy groups -OCH3 is 1. The molecule has 0 amide bonds. The number of benzene rings is 2. The summed E-state index contributed by atoms with van der Waals surface area (Å²) in [5.41, 5.74) is 3.53. The molecule has 124 valence electrons. The minimum Gasteiger partial charge on any atom is -0.465 e. The van der Waals surface area contributed by atoms with Gasteiger partial charge in [-0.2, -0.15) is 0 Å². The summed E-state index contributed by atoms with van der Waals surface area (Å²) in [7, 11) is 1.34. The van der Waals surface area contributed by atoms with Crippen molar-refractivity contribution in [3.63, 3.8) is 0 Å². The van der Waals surface area contributed by atoms with Crippen LogP contribution in [0.3, 0.4) is 0 Å². The average molecular weight is 353 g/mol. The molecule has 0 bridgehead atoms. The van der Waals surface area contributed by atoms with Gasteiger partial charge in [-0.3, -0.25) is 0 Å². The third kappa shape index (κ3) is 2.89. The van der Waals surface area contributed by atoms with Gasteiger partial charge in [0, 0.05) is 10.9 Å². The van der Waals surface area contributed by atoms with E-state index in [0.29, 0.717) is 11.4 Å². The normalized spacial score (nSPS) is 11.0. The summed E-state index contributed by atoms with van der Waals surface area (Å²) in [6.07, 6.45) is 0. The molecule has 0 saturated heterocycles. The van der Waals surface area contributed by atoms with Crippen LogP contribution < -0.4 is 0 Å². The fourth-order valence-electron chi connectivity index (χ4n) is 2.49. The predicted octanol–water partition coefficient (Wildman–Crippen LogP) is 4.28. The number of hydrogen-bond donors (Lipinski definition) is 1. The smallest absolute Gasteiger partial charge is 0.337 e. The molecule has 0 fully saturated rings. The van der Waals surface area contributed by atoms with Gasteiger partial charge in [-0.25, -0.2) is 19.2 Å². The first-order valence-corrected chi connectivity index (χ1v) is 8.32. The second kappa shape index (κ2) is 6.10. The number of nitrogens with one attached hydrogen (secondary N) is 1. The van der Waals surface area contributed by atoms with Crippen LogP contribution >= 0.6 is 11.3 Å². The average Bonchev–Trinajstić information content (AvgIpc) is 3.27. The lowest BCUT2D eigenvalue weighted by molar-refractivity contribution is 0.0601. The Morgan fingerprint density at radius 3 is 2.72 bits per heavy atom. The van der Waals surface area contributed by atoms with Crippen molar-refractivity contribution in [3.05, 3.63) is 59.2 Å². The lowest BCUT2D eigenvalue weighted by atomic mass is 10.2. The zero-order valence-corrected chi connectivity index (χ0v) is 13.9. The van der Waals surface area contributed by atoms with Crippen LogP contribution in [0.5, 0.6) is 0 Å². The molecule has 4 rings (SSSR count). The molecule has 0 atom stereocenters. The van der Waals surface area contributed by atoms with E-state index in [2.05, 4.69) is 15.0 Å². The molecule has 2 aromatic carbocycles. The Kier molecular flexibility index (Phi) is 3.77. The van der Waals surface area contributed by atoms with Gasteiger partial charge in [0.25, 0.3) is 0 Å². The Labute approximate surface area is 146 Å². The number of aromatic nitrogens is 3. The maximum atomic E-state index is 13.0. The number of fused-ring (bicyclic) bond motifs is 1. The molecule has 4 aromatic rings. The number of thiazole rings is 1. The molecular weight excluding hydrogens is 341 g/mol. The van der Waals surface area contributed by atoms with Crippen LogP contribution in [0, 0.1) is 5.82 Å². The Morgan fingerprint density at radius 1 is 1.16 bits per heavy atom. The zero-order valence-electron chi connectivity index (χ0n) is 13.1. The second-order valence-electron chi connectivity index (χ2n) is 5.35. The van der Waals surface area contributed by atoms with Crippen LogP contribution in [0.4, 0.5) is 4.39 Å². The highest BCUT2D eigenvalue weighted by Crippen LogP contribution is 2.29. The van der Waals surface area contributed by atoms with Crippen molar-refractivity contribution in [1.29, 1.82) is 0 Å². The predicted molar refractivity (Wildman–Crippen MR) is 93.9 cm³/mol. The van der Waals surface area contributed by atoms with Crippen molar-refractivity contribution in [2.24, 2.45) is 0 Å². The first-order chi connectivity index (χ1) is 12.1. The summed E-state index contributed by atoms with van der Waals surface area (Å²) < 4.78 is 17.8. The van der Waals surface area contributed by atoms with Gasteiger partial charge < -0.3 is 9.72 Å². The molecule has 2 heterocycles. The number of hydrogen-bond acceptors (Lipinski definition) is 5. The quantitative estimate of drug-likeness (QED) is 0.558. The fraction of sp³-hybridized carbons (Fsp3) is 0.0556. The van der Waals surface area contributed by atoms with Crippen LogP contribution in [0.2, 0.25) is 0 Å². The number of aromatic amines is 1. The van der Waals surface area contributed by atoms with E-state index in [0.717, 1.165) is 27.3 Å². The Balaban J connectivity index is 1.70. The lowest BCUT2D eigenvalue weighted by Crippen LogP contribution is -2.00. The van der Waals surface area contributed by atoms with Gasteiger partial charge in [-0.15, -0.1) is 11.3 Å². The van der Waals surface area contributed by atoms with Gasteiger partial charge in [0.2, 0.25) is 0 Å². The molecule has 0 saturated carbocycles. The minimum absolute atomic E-state index is 0.280. The monoisotopic (exact) mass is 353 g/mol. The Morgan fingerprint density at radius 2 is 1.96 bits per heavy atom. The van der Waals surface area contributed by atoms with E-state index < -0.39 is 5.97 Å². The molecule has 1 N–H and O–H groups in total. The molecular formula is C18H12FN3O2S. The molecule has 0 radical (unpaired) electrons. The molecule has 2 aromatic heterocycles. The second-order valence-corrected chi connectivity index (χ2v) is 6.21. The van der Waals surface area contributed by atoms with Crippen molar-refractivity contribution >= 4 is 28.3 Å². The highest BCUT2D eigenvalue weighted by Gasteiger charge is 2.13. The van der Waals surface area contributed by atoms with Gasteiger partial charge in [0.1, 0.15) is 5.82 Å². The van der Waals surface area contributed by atoms with Gasteiger partial charge in [-0.05, 0) is 42.5 Å². The number of imidazole rings is 1. The van der Waals surface area contributed by atoms with Crippen LogP contribution in [0.25, 0.3) is 33.1 Å². The lowest BCUT2D eigenvalue weighted by Gasteiger charge is -1.97. The Hall–Kier alpha value is -3.06. The molecule has 7 heteroatoms. The highest BCUT2D eigenvalue weighted by molar-refractivity contribution is 7.13. The maximum Gasteiger partial charge on any atom is 0.337 e. The summed E-state index contributed by atoms with van der Waals surface area (Å²) in [6.45, 7) is 0. The van der Waals surface area contributed by atoms with E-state index in [1.807, 2.05) is 5.38 Å². The molecule has 0 aliphatic rings. The number of H-pyrrole nitrogens is 1. The number of carbonyl (C=O) groups is 1. The number of nitrogens with zero attached hydrogens (tertiary/aromatic N) is 2. The summed E-state index contributed by atoms with van der Waals surface area (Å²) in [5, 5.41) is 2.62. The van der Waals surface area contributed by atoms with Crippen molar-refractivity contribution in [2.45, 2.75) is 0 Å². The fourth-order valence-corrected chi connectivity index (χ4v) is 3.26. The number of esters is 1. The van der Waals surface area contributed by atoms with Gasteiger partial charge >= 0.3 is 5.97 Å². The summed E-state index contributed by atoms with van der Waals surface area (Å²) in [4.78, 5) is 23.9. The number of carbonyl (C=O) groups excluding carboxylic acids is 1. The minimum atomic E-state index is -0.397. The van der Waals surface area contributed by atoms with E-state index in [1.165, 1.54) is 30.6 Å². The van der Waals surface area contributed by atoms with Crippen LogP contribution in [-0.4, -0.2) is 28.0 Å². The van der Waals surface area contributed by atoms with Crippen molar-refractivity contribution < 1.29 is 13.9 Å². The first-order valence-electron chi connectivity index (χ1n) is 7.44. The molecule has 0 aliphatic carbocycles. The number of halogens is 1. The van der Waals surface area contributed by atoms with E-state index >= 15 is 0 Å². The van der Waals surface area contributed by atoms with Crippen molar-refractivity contribution in [2.75, 3.05) is 7.11 Å². The van der Waals surface area contributed by atoms with Crippen molar-refractivity contribution in [1.82, 2.24) is 15.0 Å². The van der Waals surface area contributed by atoms with Crippen molar-refractivity contribution in [3.8, 4) is 22.1 Å². The van der Waals surface area contributed by atoms with Gasteiger partial charge in [-0.1, -0.05) is 0 Å². The highest BCUT2D eigenvalue weighted by atomic mass is 32.1. The molecule has 0 aliphatic heterocycles. The first kappa shape index (κ1) is 15.5. The number of rotatable bonds is 3. The van der Waals surface area contributed by atoms with E-state index in [-0.39, 0.29) is 5.82 Å². The zero-order chi connectivity index (χ0) is 17.4. The molecule has 25 heavy (non-hydrogen) atoms. The van der Waals surface area contributed by atoms with Gasteiger partial charge in [0.05, 0.1) is 29.4 Å². The molecule has 0 unspecified atom stereocenters. The summed E-state index contributed by atoms with van der Waals surface area (Å²) in [5.74, 6) is -0.0563. The van der Waals surface area contributed by atoms with Gasteiger partial charge in [0.15, 0.2) is 10.8 Å². The molecule has 5 nitrogen and oxygen atoms in total. The SMILES string of the molecule is COC(=O)c1ccc2nc(-c3nc(-c4ccc(F)cc4)cs3)[nH]c2c1. The van der Waals surface area contributed by atoms with E-state index in [9.17, 15) is 9.18 Å². The standard InChI is InChI=1S/C18H12FN3O2S/c1-24-18(23)11-4-7-13-14(8-11)21-16(20-13)17-22-15(9-25-17)10-2-5-12(19)6-3-10/h2-9H,1H3,(H,20,21).